The van der Waals surface area contributed by atoms with Crippen LogP contribution in [0.3, 0.4) is 0 Å². The van der Waals surface area contributed by atoms with E-state index in [1.165, 1.54) is 12.1 Å². The summed E-state index contributed by atoms with van der Waals surface area (Å²) in [5.74, 6) is 4.70. The number of nitrogens with two attached hydrogens (primary N) is 2. The number of benzene rings is 1. The molecule has 1 heterocycles. The highest BCUT2D eigenvalue weighted by atomic mass is 16.7. The third-order valence-electron chi connectivity index (χ3n) is 2.15. The van der Waals surface area contributed by atoms with Crippen molar-refractivity contribution in [3.8, 4) is 17.2 Å². The monoisotopic (exact) mass is 224 g/mol. The summed E-state index contributed by atoms with van der Waals surface area (Å²) in [5.41, 5.74) is 5.34. The van der Waals surface area contributed by atoms with E-state index in [4.69, 9.17) is 21.1 Å². The number of carbonyl (C=O) groups is 1. The molecule has 0 atom stereocenters. The number of hydrogen-bond donors (Lipinski definition) is 2. The predicted molar refractivity (Wildman–Crippen MR) is 55.1 cm³/mol. The molecule has 6 heteroatoms. The average Bonchev–Trinajstić information content (AvgIpc) is 2.48. The Bertz CT molecular complexity index is 456. The molecular weight excluding hydrogens is 212 g/mol. The molecule has 1 aromatic rings. The first-order valence-electron chi connectivity index (χ1n) is 4.65. The number of amides is 1. The smallest absolute Gasteiger partial charge is 0.252 e. The van der Waals surface area contributed by atoms with Crippen LogP contribution in [0.2, 0.25) is 0 Å². The van der Waals surface area contributed by atoms with E-state index < -0.39 is 11.7 Å². The maximum Gasteiger partial charge on any atom is 0.252 e. The lowest BCUT2D eigenvalue weighted by molar-refractivity contribution is -0.0432. The lowest BCUT2D eigenvalue weighted by Gasteiger charge is -2.16. The van der Waals surface area contributed by atoms with Crippen molar-refractivity contribution in [3.05, 3.63) is 17.7 Å². The van der Waals surface area contributed by atoms with Crippen LogP contribution in [0.25, 0.3) is 0 Å². The number of carbonyl (C=O) groups excluding carboxylic acids is 1. The van der Waals surface area contributed by atoms with Gasteiger partial charge in [0.25, 0.3) is 5.91 Å². The van der Waals surface area contributed by atoms with Gasteiger partial charge in [-0.15, -0.1) is 0 Å². The van der Waals surface area contributed by atoms with Gasteiger partial charge in [0.15, 0.2) is 17.2 Å². The van der Waals surface area contributed by atoms with Crippen molar-refractivity contribution >= 4 is 5.91 Å². The number of ether oxygens (including phenoxy) is 2. The molecule has 0 saturated heterocycles. The fourth-order valence-corrected chi connectivity index (χ4v) is 1.54. The second kappa shape index (κ2) is 3.28. The van der Waals surface area contributed by atoms with Crippen LogP contribution < -0.4 is 25.9 Å². The minimum Gasteiger partial charge on any atom is -0.449 e. The molecule has 0 aromatic heterocycles. The first kappa shape index (κ1) is 10.6. The Morgan fingerprint density at radius 2 is 1.88 bits per heavy atom. The lowest BCUT2D eigenvalue weighted by atomic mass is 10.1. The van der Waals surface area contributed by atoms with Gasteiger partial charge in [-0.05, 0) is 0 Å². The molecule has 0 fully saturated rings. The second-order valence-electron chi connectivity index (χ2n) is 3.88. The summed E-state index contributed by atoms with van der Waals surface area (Å²) in [4.78, 5) is 15.7. The highest BCUT2D eigenvalue weighted by molar-refractivity contribution is 5.96. The standard InChI is InChI=1S/C10H12N2O4/c1-10(2)14-7-3-5(9(11)13)6(16-12)4-8(7)15-10/h3-4H,12H2,1-2H3,(H2,11,13). The molecule has 0 spiro atoms. The van der Waals surface area contributed by atoms with E-state index >= 15 is 0 Å². The molecule has 1 aliphatic rings. The molecule has 0 unspecified atom stereocenters. The third-order valence-corrected chi connectivity index (χ3v) is 2.15. The summed E-state index contributed by atoms with van der Waals surface area (Å²) in [5, 5.41) is 0. The van der Waals surface area contributed by atoms with Crippen LogP contribution in [0.1, 0.15) is 24.2 Å². The Balaban J connectivity index is 2.51. The van der Waals surface area contributed by atoms with Crippen molar-refractivity contribution < 1.29 is 19.1 Å². The Morgan fingerprint density at radius 1 is 1.31 bits per heavy atom. The molecule has 0 bridgehead atoms. The molecule has 6 nitrogen and oxygen atoms in total. The first-order valence-corrected chi connectivity index (χ1v) is 4.65. The van der Waals surface area contributed by atoms with E-state index in [9.17, 15) is 4.79 Å². The zero-order chi connectivity index (χ0) is 11.9. The third kappa shape index (κ3) is 1.63. The van der Waals surface area contributed by atoms with Gasteiger partial charge in [-0.1, -0.05) is 0 Å². The van der Waals surface area contributed by atoms with Gasteiger partial charge < -0.3 is 20.0 Å². The molecule has 0 aliphatic carbocycles. The molecule has 1 aromatic carbocycles. The van der Waals surface area contributed by atoms with E-state index in [-0.39, 0.29) is 11.3 Å². The maximum absolute atomic E-state index is 11.1. The number of rotatable bonds is 2. The Kier molecular flexibility index (Phi) is 2.16. The summed E-state index contributed by atoms with van der Waals surface area (Å²) in [6, 6.07) is 2.93. The van der Waals surface area contributed by atoms with Gasteiger partial charge in [-0.3, -0.25) is 4.79 Å². The highest BCUT2D eigenvalue weighted by Gasteiger charge is 2.33. The Morgan fingerprint density at radius 3 is 2.38 bits per heavy atom. The molecule has 86 valence electrons. The summed E-state index contributed by atoms with van der Waals surface area (Å²) in [6.45, 7) is 3.50. The largest absolute Gasteiger partial charge is 0.449 e. The SMILES string of the molecule is CC1(C)Oc2cc(ON)c(C(N)=O)cc2O1. The fourth-order valence-electron chi connectivity index (χ4n) is 1.54. The predicted octanol–water partition coefficient (Wildman–Crippen LogP) is 0.545. The van der Waals surface area contributed by atoms with Crippen LogP contribution in [0.15, 0.2) is 12.1 Å². The number of fused-ring (bicyclic) bond motifs is 1. The summed E-state index contributed by atoms with van der Waals surface area (Å²) >= 11 is 0. The van der Waals surface area contributed by atoms with Crippen LogP contribution in [0.5, 0.6) is 17.2 Å². The van der Waals surface area contributed by atoms with Crippen LogP contribution in [0.4, 0.5) is 0 Å². The van der Waals surface area contributed by atoms with Gasteiger partial charge in [-0.25, -0.2) is 0 Å². The van der Waals surface area contributed by atoms with Crippen molar-refractivity contribution in [2.24, 2.45) is 11.6 Å². The van der Waals surface area contributed by atoms with Crippen LogP contribution >= 0.6 is 0 Å². The first-order chi connectivity index (χ1) is 7.43. The molecule has 16 heavy (non-hydrogen) atoms. The Hall–Kier alpha value is -1.95. The summed E-state index contributed by atoms with van der Waals surface area (Å²) in [6.07, 6.45) is 0. The minimum atomic E-state index is -0.773. The number of hydrogen-bond acceptors (Lipinski definition) is 5. The van der Waals surface area contributed by atoms with E-state index in [1.807, 2.05) is 0 Å². The molecule has 0 saturated carbocycles. The van der Waals surface area contributed by atoms with Crippen molar-refractivity contribution in [1.82, 2.24) is 0 Å². The fraction of sp³-hybridized carbons (Fsp3) is 0.300. The molecule has 1 amide bonds. The topological polar surface area (TPSA) is 96.8 Å². The van der Waals surface area contributed by atoms with Crippen LogP contribution in [-0.2, 0) is 0 Å². The van der Waals surface area contributed by atoms with Crippen molar-refractivity contribution in [2.45, 2.75) is 19.6 Å². The minimum absolute atomic E-state index is 0.155. The zero-order valence-electron chi connectivity index (χ0n) is 8.94. The van der Waals surface area contributed by atoms with Crippen molar-refractivity contribution in [3.63, 3.8) is 0 Å². The van der Waals surface area contributed by atoms with Gasteiger partial charge in [0.05, 0.1) is 5.56 Å². The van der Waals surface area contributed by atoms with Crippen molar-refractivity contribution in [1.29, 1.82) is 0 Å². The van der Waals surface area contributed by atoms with Crippen molar-refractivity contribution in [2.75, 3.05) is 0 Å². The normalized spacial score (nSPS) is 15.9. The molecule has 0 radical (unpaired) electrons. The maximum atomic E-state index is 11.1. The zero-order valence-corrected chi connectivity index (χ0v) is 8.94. The number of primary amides is 1. The van der Waals surface area contributed by atoms with Crippen LogP contribution in [-0.4, -0.2) is 11.7 Å². The molecule has 4 N–H and O–H groups in total. The van der Waals surface area contributed by atoms with Gasteiger partial charge >= 0.3 is 0 Å². The molecule has 1 aliphatic heterocycles. The quantitative estimate of drug-likeness (QED) is 0.715. The van der Waals surface area contributed by atoms with Crippen LogP contribution in [0, 0.1) is 0 Å². The van der Waals surface area contributed by atoms with E-state index in [0.717, 1.165) is 0 Å². The molecular formula is C10H12N2O4. The molecule has 2 rings (SSSR count). The Labute approximate surface area is 92.0 Å². The second-order valence-corrected chi connectivity index (χ2v) is 3.88. The van der Waals surface area contributed by atoms with E-state index in [2.05, 4.69) is 4.84 Å². The van der Waals surface area contributed by atoms with Gasteiger partial charge in [0.2, 0.25) is 5.79 Å². The van der Waals surface area contributed by atoms with E-state index in [1.54, 1.807) is 13.8 Å². The van der Waals surface area contributed by atoms with Gasteiger partial charge in [-0.2, -0.15) is 5.90 Å². The van der Waals surface area contributed by atoms with Gasteiger partial charge in [0.1, 0.15) is 0 Å². The van der Waals surface area contributed by atoms with Gasteiger partial charge in [0, 0.05) is 26.0 Å². The van der Waals surface area contributed by atoms with E-state index in [0.29, 0.717) is 11.5 Å². The summed E-state index contributed by atoms with van der Waals surface area (Å²) in [7, 11) is 0. The summed E-state index contributed by atoms with van der Waals surface area (Å²) < 4.78 is 10.9. The highest BCUT2D eigenvalue weighted by Crippen LogP contribution is 2.42. The average molecular weight is 224 g/mol. The lowest BCUT2D eigenvalue weighted by Crippen LogP contribution is -2.29.